The van der Waals surface area contributed by atoms with Crippen LogP contribution in [-0.4, -0.2) is 18.4 Å². The van der Waals surface area contributed by atoms with E-state index in [1.165, 1.54) is 7.11 Å². The molecule has 0 aromatic heterocycles. The van der Waals surface area contributed by atoms with Crippen LogP contribution in [0.1, 0.15) is 27.9 Å². The fourth-order valence-electron chi connectivity index (χ4n) is 1.41. The lowest BCUT2D eigenvalue weighted by Gasteiger charge is -2.04. The molecule has 3 nitrogen and oxygen atoms in total. The summed E-state index contributed by atoms with van der Waals surface area (Å²) in [5, 5.41) is 9.76. The summed E-state index contributed by atoms with van der Waals surface area (Å²) in [6, 6.07) is 7.16. The lowest BCUT2D eigenvalue weighted by molar-refractivity contribution is 0.0600. The van der Waals surface area contributed by atoms with Gasteiger partial charge in [0.05, 0.1) is 24.3 Å². The Hall–Kier alpha value is -1.34. The van der Waals surface area contributed by atoms with Crippen molar-refractivity contribution in [3.8, 4) is 6.07 Å². The van der Waals surface area contributed by atoms with Crippen LogP contribution in [0.3, 0.4) is 0 Å². The number of carbonyl (C=O) groups excluding carboxylic acids is 1. The smallest absolute Gasteiger partial charge is 0.337 e. The van der Waals surface area contributed by atoms with E-state index in [1.54, 1.807) is 18.2 Å². The number of carbonyl (C=O) groups is 1. The van der Waals surface area contributed by atoms with Gasteiger partial charge in [-0.25, -0.2) is 4.79 Å². The minimum Gasteiger partial charge on any atom is -0.465 e. The van der Waals surface area contributed by atoms with Crippen LogP contribution in [-0.2, 0) is 11.2 Å². The first-order valence-corrected chi connectivity index (χ1v) is 6.01. The molecule has 1 rings (SSSR count). The lowest BCUT2D eigenvalue weighted by Crippen LogP contribution is -2.03. The van der Waals surface area contributed by atoms with Crippen LogP contribution in [0.4, 0.5) is 0 Å². The Morgan fingerprint density at radius 1 is 1.50 bits per heavy atom. The maximum absolute atomic E-state index is 11.4. The van der Waals surface area contributed by atoms with E-state index in [2.05, 4.69) is 20.7 Å². The molecule has 0 saturated carbocycles. The van der Waals surface area contributed by atoms with E-state index in [4.69, 9.17) is 5.26 Å². The number of methoxy groups -OCH3 is 1. The molecule has 0 N–H and O–H groups in total. The number of nitrogens with zero attached hydrogens (tertiary/aromatic N) is 1. The topological polar surface area (TPSA) is 50.1 Å². The molecular formula is C12H12BrNO2. The number of benzene rings is 1. The number of hydrogen-bond acceptors (Lipinski definition) is 3. The SMILES string of the molecule is COC(=O)c1cc(C#N)cc(CCCBr)c1. The number of rotatable bonds is 4. The largest absolute Gasteiger partial charge is 0.465 e. The number of esters is 1. The maximum atomic E-state index is 11.4. The molecule has 0 fully saturated rings. The fraction of sp³-hybridized carbons (Fsp3) is 0.333. The third-order valence-corrected chi connectivity index (χ3v) is 2.70. The first-order valence-electron chi connectivity index (χ1n) is 4.89. The number of alkyl halides is 1. The predicted octanol–water partition coefficient (Wildman–Crippen LogP) is 2.67. The second-order valence-corrected chi connectivity index (χ2v) is 4.11. The normalized spacial score (nSPS) is 9.56. The Kier molecular flexibility index (Phi) is 5.00. The van der Waals surface area contributed by atoms with Gasteiger partial charge in [-0.2, -0.15) is 5.26 Å². The van der Waals surface area contributed by atoms with E-state index in [0.29, 0.717) is 11.1 Å². The van der Waals surface area contributed by atoms with Crippen molar-refractivity contribution in [1.82, 2.24) is 0 Å². The molecule has 0 aliphatic rings. The Labute approximate surface area is 103 Å². The number of ether oxygens (including phenoxy) is 1. The van der Waals surface area contributed by atoms with Gasteiger partial charge in [-0.15, -0.1) is 0 Å². The summed E-state index contributed by atoms with van der Waals surface area (Å²) in [6.07, 6.45) is 1.81. The summed E-state index contributed by atoms with van der Waals surface area (Å²) in [5.41, 5.74) is 1.91. The zero-order valence-corrected chi connectivity index (χ0v) is 10.6. The Balaban J connectivity index is 3.02. The summed E-state index contributed by atoms with van der Waals surface area (Å²) in [5.74, 6) is -0.405. The third-order valence-electron chi connectivity index (χ3n) is 2.14. The molecule has 0 atom stereocenters. The second-order valence-electron chi connectivity index (χ2n) is 3.31. The number of aryl methyl sites for hydroxylation is 1. The van der Waals surface area contributed by atoms with E-state index in [1.807, 2.05) is 6.07 Å². The van der Waals surface area contributed by atoms with Gasteiger partial charge in [0.1, 0.15) is 0 Å². The van der Waals surface area contributed by atoms with Crippen molar-refractivity contribution < 1.29 is 9.53 Å². The highest BCUT2D eigenvalue weighted by Gasteiger charge is 2.08. The zero-order chi connectivity index (χ0) is 12.0. The van der Waals surface area contributed by atoms with Crippen molar-refractivity contribution in [3.63, 3.8) is 0 Å². The van der Waals surface area contributed by atoms with E-state index >= 15 is 0 Å². The van der Waals surface area contributed by atoms with Gasteiger partial charge in [0.25, 0.3) is 0 Å². The second kappa shape index (κ2) is 6.29. The molecule has 0 saturated heterocycles. The van der Waals surface area contributed by atoms with Gasteiger partial charge >= 0.3 is 5.97 Å². The Morgan fingerprint density at radius 3 is 2.81 bits per heavy atom. The fourth-order valence-corrected chi connectivity index (χ4v) is 1.69. The number of nitriles is 1. The summed E-state index contributed by atoms with van der Waals surface area (Å²) >= 11 is 3.35. The molecule has 4 heteroatoms. The summed E-state index contributed by atoms with van der Waals surface area (Å²) in [6.45, 7) is 0. The highest BCUT2D eigenvalue weighted by molar-refractivity contribution is 9.09. The van der Waals surface area contributed by atoms with E-state index in [-0.39, 0.29) is 0 Å². The molecule has 84 valence electrons. The molecule has 16 heavy (non-hydrogen) atoms. The lowest BCUT2D eigenvalue weighted by atomic mass is 10.0. The van der Waals surface area contributed by atoms with Gasteiger partial charge in [-0.05, 0) is 36.6 Å². The number of hydrogen-bond donors (Lipinski definition) is 0. The van der Waals surface area contributed by atoms with Gasteiger partial charge in [-0.3, -0.25) is 0 Å². The monoisotopic (exact) mass is 281 g/mol. The molecule has 1 aromatic rings. The average molecular weight is 282 g/mol. The van der Waals surface area contributed by atoms with Crippen LogP contribution in [0.15, 0.2) is 18.2 Å². The minimum atomic E-state index is -0.405. The molecule has 0 unspecified atom stereocenters. The van der Waals surface area contributed by atoms with Crippen molar-refractivity contribution in [1.29, 1.82) is 5.26 Å². The first-order chi connectivity index (χ1) is 7.71. The standard InChI is InChI=1S/C12H12BrNO2/c1-16-12(15)11-6-9(3-2-4-13)5-10(7-11)8-14/h5-7H,2-4H2,1H3. The molecule has 0 amide bonds. The van der Waals surface area contributed by atoms with Crippen LogP contribution >= 0.6 is 15.9 Å². The van der Waals surface area contributed by atoms with Crippen LogP contribution in [0.2, 0.25) is 0 Å². The van der Waals surface area contributed by atoms with Crippen molar-refractivity contribution in [3.05, 3.63) is 34.9 Å². The van der Waals surface area contributed by atoms with Gasteiger partial charge in [0, 0.05) is 5.33 Å². The molecular weight excluding hydrogens is 270 g/mol. The molecule has 0 spiro atoms. The van der Waals surface area contributed by atoms with Gasteiger partial charge in [0.15, 0.2) is 0 Å². The van der Waals surface area contributed by atoms with Crippen molar-refractivity contribution in [2.75, 3.05) is 12.4 Å². The zero-order valence-electron chi connectivity index (χ0n) is 9.00. The van der Waals surface area contributed by atoms with Crippen molar-refractivity contribution in [2.45, 2.75) is 12.8 Å². The Bertz CT molecular complexity index is 424. The molecule has 0 heterocycles. The summed E-state index contributed by atoms with van der Waals surface area (Å²) in [7, 11) is 1.33. The number of halogens is 1. The average Bonchev–Trinajstić information content (AvgIpc) is 2.34. The van der Waals surface area contributed by atoms with Crippen molar-refractivity contribution >= 4 is 21.9 Å². The van der Waals surface area contributed by atoms with Gasteiger partial charge in [0.2, 0.25) is 0 Å². The predicted molar refractivity (Wildman–Crippen MR) is 64.6 cm³/mol. The van der Waals surface area contributed by atoms with Crippen molar-refractivity contribution in [2.24, 2.45) is 0 Å². The highest BCUT2D eigenvalue weighted by Crippen LogP contribution is 2.13. The van der Waals surface area contributed by atoms with Crippen LogP contribution in [0, 0.1) is 11.3 Å². The quantitative estimate of drug-likeness (QED) is 0.630. The van der Waals surface area contributed by atoms with E-state index in [9.17, 15) is 4.79 Å². The molecule has 0 aliphatic carbocycles. The Morgan fingerprint density at radius 2 is 2.25 bits per heavy atom. The molecule has 0 bridgehead atoms. The molecule has 0 aliphatic heterocycles. The van der Waals surface area contributed by atoms with E-state index < -0.39 is 5.97 Å². The van der Waals surface area contributed by atoms with Crippen LogP contribution in [0.25, 0.3) is 0 Å². The summed E-state index contributed by atoms with van der Waals surface area (Å²) in [4.78, 5) is 11.4. The van der Waals surface area contributed by atoms with E-state index in [0.717, 1.165) is 23.7 Å². The minimum absolute atomic E-state index is 0.405. The maximum Gasteiger partial charge on any atom is 0.337 e. The highest BCUT2D eigenvalue weighted by atomic mass is 79.9. The van der Waals surface area contributed by atoms with Gasteiger partial charge < -0.3 is 4.74 Å². The van der Waals surface area contributed by atoms with Crippen LogP contribution < -0.4 is 0 Å². The van der Waals surface area contributed by atoms with Crippen LogP contribution in [0.5, 0.6) is 0 Å². The molecule has 1 aromatic carbocycles. The molecule has 0 radical (unpaired) electrons. The van der Waals surface area contributed by atoms with Gasteiger partial charge in [-0.1, -0.05) is 15.9 Å². The summed E-state index contributed by atoms with van der Waals surface area (Å²) < 4.78 is 4.64. The third kappa shape index (κ3) is 3.35. The first kappa shape index (κ1) is 12.7.